The second-order valence-electron chi connectivity index (χ2n) is 8.30. The van der Waals surface area contributed by atoms with Gasteiger partial charge in [0, 0.05) is 13.1 Å². The Morgan fingerprint density at radius 3 is 2.29 bits per heavy atom. The van der Waals surface area contributed by atoms with Crippen LogP contribution in [-0.4, -0.2) is 42.1 Å². The molecule has 2 heteroatoms. The molecule has 0 aromatic heterocycles. The Morgan fingerprint density at radius 1 is 0.821 bits per heavy atom. The third kappa shape index (κ3) is 3.05. The van der Waals surface area contributed by atoms with Crippen molar-refractivity contribution in [3.05, 3.63) is 82.9 Å². The van der Waals surface area contributed by atoms with Gasteiger partial charge in [-0.15, -0.1) is 0 Å². The first kappa shape index (κ1) is 17.9. The van der Waals surface area contributed by atoms with Gasteiger partial charge in [0.05, 0.1) is 6.17 Å². The minimum Gasteiger partial charge on any atom is -0.288 e. The first-order chi connectivity index (χ1) is 13.9. The molecule has 2 aromatic carbocycles. The molecule has 0 amide bonds. The summed E-state index contributed by atoms with van der Waals surface area (Å²) < 4.78 is 0. The maximum Gasteiger partial charge on any atom is 0.0625 e. The van der Waals surface area contributed by atoms with Crippen molar-refractivity contribution in [2.75, 3.05) is 26.2 Å². The van der Waals surface area contributed by atoms with Crippen LogP contribution in [0, 0.1) is 0 Å². The molecule has 28 heavy (non-hydrogen) atoms. The van der Waals surface area contributed by atoms with Crippen molar-refractivity contribution in [1.82, 2.24) is 9.80 Å². The normalized spacial score (nSPS) is 21.2. The summed E-state index contributed by atoms with van der Waals surface area (Å²) >= 11 is 0. The summed E-state index contributed by atoms with van der Waals surface area (Å²) in [7, 11) is 0. The Bertz CT molecular complexity index is 903. The van der Waals surface area contributed by atoms with Crippen LogP contribution in [0.2, 0.25) is 0 Å². The highest BCUT2D eigenvalue weighted by Gasteiger charge is 2.33. The lowest BCUT2D eigenvalue weighted by Gasteiger charge is -2.42. The predicted molar refractivity (Wildman–Crippen MR) is 118 cm³/mol. The summed E-state index contributed by atoms with van der Waals surface area (Å²) in [6.45, 7) is 6.99. The number of fused-ring (bicyclic) bond motifs is 3. The smallest absolute Gasteiger partial charge is 0.0625 e. The Morgan fingerprint density at radius 2 is 1.54 bits per heavy atom. The fourth-order valence-corrected chi connectivity index (χ4v) is 5.39. The molecule has 0 saturated carbocycles. The highest BCUT2D eigenvalue weighted by molar-refractivity contribution is 6.05. The van der Waals surface area contributed by atoms with Crippen LogP contribution in [0.5, 0.6) is 0 Å². The zero-order valence-electron chi connectivity index (χ0n) is 16.9. The van der Waals surface area contributed by atoms with Crippen molar-refractivity contribution in [2.24, 2.45) is 0 Å². The maximum atomic E-state index is 2.73. The lowest BCUT2D eigenvalue weighted by Crippen LogP contribution is -2.51. The molecule has 0 spiro atoms. The molecule has 0 radical (unpaired) electrons. The molecule has 2 heterocycles. The van der Waals surface area contributed by atoms with Crippen molar-refractivity contribution in [1.29, 1.82) is 0 Å². The van der Waals surface area contributed by atoms with Crippen molar-refractivity contribution >= 4 is 11.1 Å². The number of likely N-dealkylation sites (tertiary alicyclic amines) is 1. The third-order valence-corrected chi connectivity index (χ3v) is 6.67. The minimum atomic E-state index is 0.561. The number of hydrogen-bond donors (Lipinski definition) is 0. The molecule has 2 nitrogen and oxygen atoms in total. The van der Waals surface area contributed by atoms with E-state index >= 15 is 0 Å². The van der Waals surface area contributed by atoms with E-state index in [1.54, 1.807) is 0 Å². The Hall–Kier alpha value is -2.16. The Kier molecular flexibility index (Phi) is 4.92. The largest absolute Gasteiger partial charge is 0.288 e. The number of benzene rings is 2. The van der Waals surface area contributed by atoms with E-state index in [9.17, 15) is 0 Å². The molecule has 5 rings (SSSR count). The zero-order valence-corrected chi connectivity index (χ0v) is 16.9. The van der Waals surface area contributed by atoms with Crippen molar-refractivity contribution < 1.29 is 0 Å². The molecule has 1 atom stereocenters. The molecule has 0 N–H and O–H groups in total. The molecule has 1 unspecified atom stereocenters. The lowest BCUT2D eigenvalue weighted by molar-refractivity contribution is 0.0386. The zero-order chi connectivity index (χ0) is 18.9. The van der Waals surface area contributed by atoms with E-state index in [4.69, 9.17) is 0 Å². The average molecular weight is 371 g/mol. The van der Waals surface area contributed by atoms with Crippen molar-refractivity contribution in [3.63, 3.8) is 0 Å². The number of nitrogens with zero attached hydrogens (tertiary/aromatic N) is 2. The van der Waals surface area contributed by atoms with Crippen LogP contribution in [0.15, 0.2) is 66.2 Å². The Balaban J connectivity index is 1.55. The molecule has 144 valence electrons. The van der Waals surface area contributed by atoms with Crippen LogP contribution in [-0.2, 0) is 0 Å². The molecular formula is C26H30N2. The summed E-state index contributed by atoms with van der Waals surface area (Å²) in [6.07, 6.45) is 8.36. The van der Waals surface area contributed by atoms with Gasteiger partial charge in [0.1, 0.15) is 0 Å². The molecule has 1 aliphatic carbocycles. The average Bonchev–Trinajstić information content (AvgIpc) is 3.09. The quantitative estimate of drug-likeness (QED) is 0.709. The van der Waals surface area contributed by atoms with Crippen LogP contribution >= 0.6 is 0 Å². The molecule has 1 fully saturated rings. The van der Waals surface area contributed by atoms with Gasteiger partial charge in [-0.25, -0.2) is 0 Å². The topological polar surface area (TPSA) is 6.48 Å². The van der Waals surface area contributed by atoms with Gasteiger partial charge in [0.25, 0.3) is 0 Å². The molecule has 0 bridgehead atoms. The summed E-state index contributed by atoms with van der Waals surface area (Å²) in [6, 6.07) is 19.9. The van der Waals surface area contributed by atoms with Gasteiger partial charge in [-0.1, -0.05) is 74.0 Å². The van der Waals surface area contributed by atoms with Crippen LogP contribution in [0.25, 0.3) is 11.1 Å². The Labute approximate surface area is 169 Å². The molecular weight excluding hydrogens is 340 g/mol. The SMILES string of the molecule is CCC(N1CCCCC1)N1CC=C2C(=C(c3ccccc3)c3ccccc32)C1. The predicted octanol–water partition coefficient (Wildman–Crippen LogP) is 5.42. The highest BCUT2D eigenvalue weighted by atomic mass is 15.4. The van der Waals surface area contributed by atoms with Crippen LogP contribution in [0.3, 0.4) is 0 Å². The second-order valence-corrected chi connectivity index (χ2v) is 8.30. The number of rotatable bonds is 4. The van der Waals surface area contributed by atoms with E-state index in [0.717, 1.165) is 13.1 Å². The van der Waals surface area contributed by atoms with Gasteiger partial charge in [-0.05, 0) is 65.8 Å². The molecule has 1 saturated heterocycles. The van der Waals surface area contributed by atoms with Gasteiger partial charge in [-0.2, -0.15) is 0 Å². The fourth-order valence-electron chi connectivity index (χ4n) is 5.39. The number of hydrogen-bond acceptors (Lipinski definition) is 2. The molecule has 2 aromatic rings. The van der Waals surface area contributed by atoms with Crippen molar-refractivity contribution in [2.45, 2.75) is 38.8 Å². The number of piperidine rings is 1. The van der Waals surface area contributed by atoms with Gasteiger partial charge < -0.3 is 0 Å². The van der Waals surface area contributed by atoms with E-state index in [1.165, 1.54) is 72.2 Å². The van der Waals surface area contributed by atoms with Gasteiger partial charge in [0.2, 0.25) is 0 Å². The van der Waals surface area contributed by atoms with Crippen LogP contribution < -0.4 is 0 Å². The van der Waals surface area contributed by atoms with E-state index in [-0.39, 0.29) is 0 Å². The summed E-state index contributed by atoms with van der Waals surface area (Å²) in [5.74, 6) is 0. The van der Waals surface area contributed by atoms with Crippen LogP contribution in [0.4, 0.5) is 0 Å². The lowest BCUT2D eigenvalue weighted by atomic mass is 9.95. The summed E-state index contributed by atoms with van der Waals surface area (Å²) in [4.78, 5) is 5.44. The second kappa shape index (κ2) is 7.69. The minimum absolute atomic E-state index is 0.561. The fraction of sp³-hybridized carbons (Fsp3) is 0.385. The highest BCUT2D eigenvalue weighted by Crippen LogP contribution is 2.46. The van der Waals surface area contributed by atoms with E-state index in [2.05, 4.69) is 77.4 Å². The standard InChI is InChI=1S/C26H30N2/c1-2-25(27-16-9-4-10-17-27)28-18-15-22-21-13-7-8-14-23(21)26(24(22)19-28)20-11-5-3-6-12-20/h3,5-8,11-15,25H,2,4,9-10,16-19H2,1H3. The van der Waals surface area contributed by atoms with Crippen LogP contribution in [0.1, 0.15) is 49.3 Å². The maximum absolute atomic E-state index is 2.73. The monoisotopic (exact) mass is 370 g/mol. The first-order valence-corrected chi connectivity index (χ1v) is 10.9. The third-order valence-electron chi connectivity index (χ3n) is 6.67. The summed E-state index contributed by atoms with van der Waals surface area (Å²) in [5.41, 5.74) is 8.61. The van der Waals surface area contributed by atoms with Crippen molar-refractivity contribution in [3.8, 4) is 0 Å². The molecule has 3 aliphatic rings. The van der Waals surface area contributed by atoms with E-state index < -0.39 is 0 Å². The van der Waals surface area contributed by atoms with Gasteiger partial charge in [0.15, 0.2) is 0 Å². The van der Waals surface area contributed by atoms with E-state index in [1.807, 2.05) is 0 Å². The first-order valence-electron chi connectivity index (χ1n) is 10.9. The van der Waals surface area contributed by atoms with Gasteiger partial charge in [-0.3, -0.25) is 9.80 Å². The molecule has 2 aliphatic heterocycles. The van der Waals surface area contributed by atoms with E-state index in [0.29, 0.717) is 6.17 Å². The van der Waals surface area contributed by atoms with Gasteiger partial charge >= 0.3 is 0 Å². The summed E-state index contributed by atoms with van der Waals surface area (Å²) in [5, 5.41) is 0.